The van der Waals surface area contributed by atoms with E-state index in [0.717, 1.165) is 5.56 Å². The van der Waals surface area contributed by atoms with Crippen LogP contribution in [0.2, 0.25) is 0 Å². The normalized spacial score (nSPS) is 21.3. The molecule has 1 heterocycles. The average molecular weight is 289 g/mol. The number of esters is 1. The minimum Gasteiger partial charge on any atom is -0.464 e. The third kappa shape index (κ3) is 2.81. The fourth-order valence-corrected chi connectivity index (χ4v) is 3.54. The van der Waals surface area contributed by atoms with Gasteiger partial charge >= 0.3 is 5.97 Å². The van der Waals surface area contributed by atoms with Crippen LogP contribution in [0.3, 0.4) is 0 Å². The number of nitrogens with zero attached hydrogens (tertiary/aromatic N) is 1. The molecule has 0 bridgehead atoms. The predicted molar refractivity (Wildman–Crippen MR) is 77.7 cm³/mol. The molecule has 20 heavy (non-hydrogen) atoms. The molecule has 0 N–H and O–H groups in total. The van der Waals surface area contributed by atoms with Crippen LogP contribution < -0.4 is 0 Å². The van der Waals surface area contributed by atoms with Crippen molar-refractivity contribution in [2.75, 3.05) is 12.4 Å². The van der Waals surface area contributed by atoms with E-state index in [9.17, 15) is 9.59 Å². The highest BCUT2D eigenvalue weighted by Gasteiger charge is 2.42. The summed E-state index contributed by atoms with van der Waals surface area (Å²) in [5.41, 5.74) is 0.952. The number of carbonyl (C=O) groups is 2. The van der Waals surface area contributed by atoms with Crippen LogP contribution in [0.4, 0.5) is 0 Å². The van der Waals surface area contributed by atoms with Gasteiger partial charge in [0.2, 0.25) is 0 Å². The predicted octanol–water partition coefficient (Wildman–Crippen LogP) is 1.83. The molecule has 1 saturated heterocycles. The molecule has 0 saturated carbocycles. The van der Waals surface area contributed by atoms with Crippen LogP contribution in [0.15, 0.2) is 30.3 Å². The van der Waals surface area contributed by atoms with Gasteiger partial charge in [-0.05, 0) is 18.4 Å². The Labute approximate surface area is 122 Å². The number of terminal acetylenes is 1. The molecule has 4 nitrogen and oxygen atoms in total. The fourth-order valence-electron chi connectivity index (χ4n) is 2.12. The molecule has 0 aliphatic carbocycles. The smallest absolute Gasteiger partial charge is 0.329 e. The van der Waals surface area contributed by atoms with Crippen molar-refractivity contribution in [3.05, 3.63) is 35.9 Å². The monoisotopic (exact) mass is 289 g/mol. The van der Waals surface area contributed by atoms with Gasteiger partial charge in [0.1, 0.15) is 11.4 Å². The molecule has 5 heteroatoms. The van der Waals surface area contributed by atoms with E-state index < -0.39 is 17.9 Å². The van der Waals surface area contributed by atoms with Crippen molar-refractivity contribution in [3.63, 3.8) is 0 Å². The zero-order valence-corrected chi connectivity index (χ0v) is 11.9. The van der Waals surface area contributed by atoms with E-state index in [1.807, 2.05) is 30.3 Å². The minimum atomic E-state index is -0.617. The second-order valence-corrected chi connectivity index (χ2v) is 5.33. The average Bonchev–Trinajstić information content (AvgIpc) is 2.92. The second kappa shape index (κ2) is 6.49. The summed E-state index contributed by atoms with van der Waals surface area (Å²) in [5.74, 6) is 1.71. The van der Waals surface area contributed by atoms with E-state index in [0.29, 0.717) is 5.75 Å². The van der Waals surface area contributed by atoms with E-state index in [2.05, 4.69) is 5.92 Å². The van der Waals surface area contributed by atoms with Crippen LogP contribution in [0.5, 0.6) is 0 Å². The summed E-state index contributed by atoms with van der Waals surface area (Å²) < 4.78 is 5.02. The highest BCUT2D eigenvalue weighted by Crippen LogP contribution is 2.41. The topological polar surface area (TPSA) is 46.6 Å². The molecule has 0 spiro atoms. The standard InChI is InChI=1S/C15H15NO3S/c1-3-13(17)16-12(15(18)19-4-2)10-20-14(16)11-8-6-5-7-9-11/h1,5-9,12,14H,4,10H2,2H3/t12-,14?/m0/s1. The van der Waals surface area contributed by atoms with Gasteiger partial charge in [-0.15, -0.1) is 18.2 Å². The first-order chi connectivity index (χ1) is 9.69. The molecule has 2 atom stereocenters. The lowest BCUT2D eigenvalue weighted by Crippen LogP contribution is -2.43. The van der Waals surface area contributed by atoms with Crippen LogP contribution in [-0.4, -0.2) is 35.2 Å². The third-order valence-corrected chi connectivity index (χ3v) is 4.32. The molecule has 1 aliphatic heterocycles. The van der Waals surface area contributed by atoms with Crippen LogP contribution in [0.1, 0.15) is 17.9 Å². The highest BCUT2D eigenvalue weighted by molar-refractivity contribution is 7.99. The number of rotatable bonds is 3. The Hall–Kier alpha value is -1.93. The van der Waals surface area contributed by atoms with Gasteiger partial charge < -0.3 is 9.64 Å². The molecule has 1 amide bonds. The molecule has 2 rings (SSSR count). The SMILES string of the molecule is C#CC(=O)N1C(c2ccccc2)SC[C@H]1C(=O)OCC. The van der Waals surface area contributed by atoms with Crippen LogP contribution >= 0.6 is 11.8 Å². The molecular formula is C15H15NO3S. The molecule has 104 valence electrons. The van der Waals surface area contributed by atoms with Crippen molar-refractivity contribution >= 4 is 23.6 Å². The molecule has 1 aromatic rings. The molecule has 1 unspecified atom stereocenters. The van der Waals surface area contributed by atoms with E-state index in [-0.39, 0.29) is 12.0 Å². The first-order valence-corrected chi connectivity index (χ1v) is 7.36. The maximum Gasteiger partial charge on any atom is 0.329 e. The third-order valence-electron chi connectivity index (χ3n) is 3.00. The zero-order chi connectivity index (χ0) is 14.5. The van der Waals surface area contributed by atoms with Gasteiger partial charge in [-0.1, -0.05) is 30.3 Å². The molecule has 1 aromatic carbocycles. The van der Waals surface area contributed by atoms with Gasteiger partial charge in [0.05, 0.1) is 6.61 Å². The van der Waals surface area contributed by atoms with E-state index in [4.69, 9.17) is 11.2 Å². The minimum absolute atomic E-state index is 0.242. The van der Waals surface area contributed by atoms with Crippen LogP contribution in [-0.2, 0) is 14.3 Å². The molecular weight excluding hydrogens is 274 g/mol. The lowest BCUT2D eigenvalue weighted by atomic mass is 10.1. The lowest BCUT2D eigenvalue weighted by Gasteiger charge is -2.26. The summed E-state index contributed by atoms with van der Waals surface area (Å²) in [4.78, 5) is 25.4. The maximum atomic E-state index is 12.0. The van der Waals surface area contributed by atoms with E-state index in [1.54, 1.807) is 6.92 Å². The van der Waals surface area contributed by atoms with E-state index >= 15 is 0 Å². The van der Waals surface area contributed by atoms with Crippen LogP contribution in [0.25, 0.3) is 0 Å². The first-order valence-electron chi connectivity index (χ1n) is 6.31. The second-order valence-electron chi connectivity index (χ2n) is 4.22. The molecule has 1 aliphatic rings. The lowest BCUT2D eigenvalue weighted by molar-refractivity contribution is -0.152. The Morgan fingerprint density at radius 2 is 2.15 bits per heavy atom. The number of thioether (sulfide) groups is 1. The quantitative estimate of drug-likeness (QED) is 0.629. The fraction of sp³-hybridized carbons (Fsp3) is 0.333. The summed E-state index contributed by atoms with van der Waals surface area (Å²) in [6.07, 6.45) is 5.23. The maximum absolute atomic E-state index is 12.0. The Balaban J connectivity index is 2.29. The summed E-state index contributed by atoms with van der Waals surface area (Å²) >= 11 is 1.52. The Morgan fingerprint density at radius 1 is 1.45 bits per heavy atom. The van der Waals surface area contributed by atoms with Crippen LogP contribution in [0, 0.1) is 12.3 Å². The number of hydrogen-bond donors (Lipinski definition) is 0. The zero-order valence-electron chi connectivity index (χ0n) is 11.1. The molecule has 0 aromatic heterocycles. The summed E-state index contributed by atoms with van der Waals surface area (Å²) in [5, 5.41) is -0.242. The van der Waals surface area contributed by atoms with Gasteiger partial charge in [-0.3, -0.25) is 4.79 Å². The van der Waals surface area contributed by atoms with Gasteiger partial charge in [-0.2, -0.15) is 0 Å². The summed E-state index contributed by atoms with van der Waals surface area (Å²) in [7, 11) is 0. The Bertz CT molecular complexity index is 538. The number of ether oxygens (including phenoxy) is 1. The summed E-state index contributed by atoms with van der Waals surface area (Å²) in [6.45, 7) is 2.02. The van der Waals surface area contributed by atoms with Crippen molar-refractivity contribution in [2.24, 2.45) is 0 Å². The first kappa shape index (κ1) is 14.5. The molecule has 0 radical (unpaired) electrons. The van der Waals surface area contributed by atoms with Gasteiger partial charge in [0, 0.05) is 5.75 Å². The van der Waals surface area contributed by atoms with Gasteiger partial charge in [0.25, 0.3) is 5.91 Å². The largest absolute Gasteiger partial charge is 0.464 e. The molecule has 1 fully saturated rings. The highest BCUT2D eigenvalue weighted by atomic mass is 32.2. The number of hydrogen-bond acceptors (Lipinski definition) is 4. The van der Waals surface area contributed by atoms with Crippen molar-refractivity contribution < 1.29 is 14.3 Å². The number of benzene rings is 1. The number of carbonyl (C=O) groups excluding carboxylic acids is 2. The summed E-state index contributed by atoms with van der Waals surface area (Å²) in [6, 6.07) is 8.91. The Morgan fingerprint density at radius 3 is 2.75 bits per heavy atom. The Kier molecular flexibility index (Phi) is 4.70. The van der Waals surface area contributed by atoms with Gasteiger partial charge in [-0.25, -0.2) is 4.79 Å². The number of amides is 1. The van der Waals surface area contributed by atoms with Crippen molar-refractivity contribution in [2.45, 2.75) is 18.3 Å². The van der Waals surface area contributed by atoms with Gasteiger partial charge in [0.15, 0.2) is 0 Å². The van der Waals surface area contributed by atoms with Crippen molar-refractivity contribution in [1.29, 1.82) is 0 Å². The van der Waals surface area contributed by atoms with Crippen molar-refractivity contribution in [3.8, 4) is 12.3 Å². The van der Waals surface area contributed by atoms with Crippen molar-refractivity contribution in [1.82, 2.24) is 4.90 Å². The van der Waals surface area contributed by atoms with E-state index in [1.165, 1.54) is 16.7 Å².